The van der Waals surface area contributed by atoms with Crippen molar-refractivity contribution in [3.63, 3.8) is 0 Å². The molecule has 0 spiro atoms. The lowest BCUT2D eigenvalue weighted by molar-refractivity contribution is -0.386. The SMILES string of the molecule is COc1cc(/C=C\c2ccc(OC(F)F)c([N+](=O)[O-])c2)cc(OC)c1OC. The van der Waals surface area contributed by atoms with E-state index >= 15 is 0 Å². The highest BCUT2D eigenvalue weighted by Crippen LogP contribution is 2.38. The lowest BCUT2D eigenvalue weighted by Gasteiger charge is -2.12. The normalized spacial score (nSPS) is 10.9. The van der Waals surface area contributed by atoms with Crippen molar-refractivity contribution < 1.29 is 32.7 Å². The Balaban J connectivity index is 2.37. The number of benzene rings is 2. The minimum atomic E-state index is -3.15. The Morgan fingerprint density at radius 3 is 2.00 bits per heavy atom. The van der Waals surface area contributed by atoms with Crippen LogP contribution in [0.3, 0.4) is 0 Å². The highest BCUT2D eigenvalue weighted by Gasteiger charge is 2.18. The van der Waals surface area contributed by atoms with Gasteiger partial charge in [0, 0.05) is 6.07 Å². The number of halogens is 2. The first kappa shape index (κ1) is 20.0. The van der Waals surface area contributed by atoms with Gasteiger partial charge >= 0.3 is 12.3 Å². The van der Waals surface area contributed by atoms with E-state index in [1.54, 1.807) is 24.3 Å². The molecular weight excluding hydrogens is 364 g/mol. The van der Waals surface area contributed by atoms with Crippen LogP contribution in [0.2, 0.25) is 0 Å². The molecule has 2 rings (SSSR count). The van der Waals surface area contributed by atoms with Crippen LogP contribution in [-0.4, -0.2) is 32.9 Å². The van der Waals surface area contributed by atoms with E-state index in [-0.39, 0.29) is 0 Å². The number of methoxy groups -OCH3 is 3. The molecule has 0 aliphatic carbocycles. The zero-order valence-corrected chi connectivity index (χ0v) is 14.8. The van der Waals surface area contributed by atoms with Gasteiger partial charge in [0.05, 0.1) is 26.3 Å². The number of nitro groups is 1. The van der Waals surface area contributed by atoms with Crippen LogP contribution in [0.15, 0.2) is 30.3 Å². The first-order chi connectivity index (χ1) is 12.9. The molecule has 0 saturated heterocycles. The summed E-state index contributed by atoms with van der Waals surface area (Å²) < 4.78 is 44.6. The molecule has 0 amide bonds. The summed E-state index contributed by atoms with van der Waals surface area (Å²) in [4.78, 5) is 10.3. The number of rotatable bonds is 8. The standard InChI is InChI=1S/C18H17F2NO6/c1-24-15-9-12(10-16(25-2)17(15)26-3)5-4-11-6-7-14(27-18(19)20)13(8-11)21(22)23/h4-10,18H,1-3H3/b5-4-. The minimum absolute atomic E-state index is 0.428. The predicted octanol–water partition coefficient (Wildman–Crippen LogP) is 4.39. The molecule has 2 aromatic rings. The van der Waals surface area contributed by atoms with Crippen molar-refractivity contribution in [1.29, 1.82) is 0 Å². The maximum absolute atomic E-state index is 12.3. The van der Waals surface area contributed by atoms with Crippen molar-refractivity contribution in [3.05, 3.63) is 51.6 Å². The Hall–Kier alpha value is -3.36. The molecule has 0 N–H and O–H groups in total. The minimum Gasteiger partial charge on any atom is -0.493 e. The summed E-state index contributed by atoms with van der Waals surface area (Å²) >= 11 is 0. The Kier molecular flexibility index (Phi) is 6.53. The van der Waals surface area contributed by atoms with Gasteiger partial charge in [-0.25, -0.2) is 0 Å². The van der Waals surface area contributed by atoms with Gasteiger partial charge in [-0.2, -0.15) is 8.78 Å². The van der Waals surface area contributed by atoms with Gasteiger partial charge in [-0.15, -0.1) is 0 Å². The van der Waals surface area contributed by atoms with Crippen molar-refractivity contribution in [2.45, 2.75) is 6.61 Å². The lowest BCUT2D eigenvalue weighted by Crippen LogP contribution is -2.04. The van der Waals surface area contributed by atoms with Crippen molar-refractivity contribution in [3.8, 4) is 23.0 Å². The summed E-state index contributed by atoms with van der Waals surface area (Å²) in [5, 5.41) is 11.1. The third-order valence-corrected chi connectivity index (χ3v) is 3.55. The molecule has 0 heterocycles. The third-order valence-electron chi connectivity index (χ3n) is 3.55. The highest BCUT2D eigenvalue weighted by atomic mass is 19.3. The van der Waals surface area contributed by atoms with Gasteiger partial charge in [-0.1, -0.05) is 18.2 Å². The zero-order chi connectivity index (χ0) is 20.0. The van der Waals surface area contributed by atoms with Crippen molar-refractivity contribution in [2.24, 2.45) is 0 Å². The number of alkyl halides is 2. The summed E-state index contributed by atoms with van der Waals surface area (Å²) in [5.74, 6) is 0.826. The average Bonchev–Trinajstić information content (AvgIpc) is 2.65. The second-order valence-corrected chi connectivity index (χ2v) is 5.15. The van der Waals surface area contributed by atoms with E-state index in [4.69, 9.17) is 14.2 Å². The summed E-state index contributed by atoms with van der Waals surface area (Å²) in [5.41, 5.74) is 0.555. The van der Waals surface area contributed by atoms with Crippen LogP contribution >= 0.6 is 0 Å². The fourth-order valence-corrected chi connectivity index (χ4v) is 2.37. The second kappa shape index (κ2) is 8.84. The van der Waals surface area contributed by atoms with Crippen LogP contribution in [0.1, 0.15) is 11.1 Å². The van der Waals surface area contributed by atoms with E-state index in [0.717, 1.165) is 12.1 Å². The highest BCUT2D eigenvalue weighted by molar-refractivity contribution is 5.74. The third kappa shape index (κ3) is 4.84. The smallest absolute Gasteiger partial charge is 0.387 e. The van der Waals surface area contributed by atoms with Gasteiger partial charge in [0.1, 0.15) is 0 Å². The van der Waals surface area contributed by atoms with E-state index in [2.05, 4.69) is 4.74 Å². The number of nitrogens with zero attached hydrogens (tertiary/aromatic N) is 1. The number of nitro benzene ring substituents is 1. The summed E-state index contributed by atoms with van der Waals surface area (Å²) in [6, 6.07) is 7.09. The van der Waals surface area contributed by atoms with Crippen LogP contribution in [0.4, 0.5) is 14.5 Å². The predicted molar refractivity (Wildman–Crippen MR) is 94.8 cm³/mol. The Bertz CT molecular complexity index is 829. The number of hydrogen-bond donors (Lipinski definition) is 0. The molecule has 27 heavy (non-hydrogen) atoms. The van der Waals surface area contributed by atoms with E-state index in [1.807, 2.05) is 0 Å². The van der Waals surface area contributed by atoms with Crippen LogP contribution in [0, 0.1) is 10.1 Å². The summed E-state index contributed by atoms with van der Waals surface area (Å²) in [6.07, 6.45) is 3.25. The largest absolute Gasteiger partial charge is 0.493 e. The summed E-state index contributed by atoms with van der Waals surface area (Å²) in [6.45, 7) is -3.15. The van der Waals surface area contributed by atoms with Crippen molar-refractivity contribution in [2.75, 3.05) is 21.3 Å². The Morgan fingerprint density at radius 2 is 1.52 bits per heavy atom. The van der Waals surface area contributed by atoms with Crippen LogP contribution in [-0.2, 0) is 0 Å². The molecule has 0 aliphatic heterocycles. The van der Waals surface area contributed by atoms with Gasteiger partial charge in [-0.05, 0) is 29.3 Å². The van der Waals surface area contributed by atoms with Crippen LogP contribution < -0.4 is 18.9 Å². The van der Waals surface area contributed by atoms with Gasteiger partial charge in [-0.3, -0.25) is 10.1 Å². The fourth-order valence-electron chi connectivity index (χ4n) is 2.37. The molecule has 2 aromatic carbocycles. The van der Waals surface area contributed by atoms with E-state index < -0.39 is 23.0 Å². The monoisotopic (exact) mass is 381 g/mol. The van der Waals surface area contributed by atoms with Gasteiger partial charge in [0.2, 0.25) is 11.5 Å². The number of hydrogen-bond acceptors (Lipinski definition) is 6. The zero-order valence-electron chi connectivity index (χ0n) is 14.8. The molecule has 144 valence electrons. The number of ether oxygens (including phenoxy) is 4. The molecule has 9 heteroatoms. The fraction of sp³-hybridized carbons (Fsp3) is 0.222. The Morgan fingerprint density at radius 1 is 0.926 bits per heavy atom. The second-order valence-electron chi connectivity index (χ2n) is 5.15. The maximum atomic E-state index is 12.3. The lowest BCUT2D eigenvalue weighted by atomic mass is 10.1. The first-order valence-electron chi connectivity index (χ1n) is 7.61. The van der Waals surface area contributed by atoms with Crippen molar-refractivity contribution >= 4 is 17.8 Å². The van der Waals surface area contributed by atoms with Gasteiger partial charge in [0.25, 0.3) is 0 Å². The molecule has 0 aromatic heterocycles. The van der Waals surface area contributed by atoms with Gasteiger partial charge in [0.15, 0.2) is 11.5 Å². The molecule has 0 saturated carbocycles. The molecular formula is C18H17F2NO6. The summed E-state index contributed by atoms with van der Waals surface area (Å²) in [7, 11) is 4.45. The van der Waals surface area contributed by atoms with E-state index in [1.165, 1.54) is 27.4 Å². The molecule has 0 atom stereocenters. The molecule has 0 fully saturated rings. The topological polar surface area (TPSA) is 80.1 Å². The van der Waals surface area contributed by atoms with Crippen LogP contribution in [0.5, 0.6) is 23.0 Å². The maximum Gasteiger partial charge on any atom is 0.387 e. The van der Waals surface area contributed by atoms with Crippen LogP contribution in [0.25, 0.3) is 12.2 Å². The molecule has 7 nitrogen and oxygen atoms in total. The Labute approximate surface area is 153 Å². The van der Waals surface area contributed by atoms with Gasteiger partial charge < -0.3 is 18.9 Å². The quantitative estimate of drug-likeness (QED) is 0.383. The van der Waals surface area contributed by atoms with Crippen molar-refractivity contribution in [1.82, 2.24) is 0 Å². The van der Waals surface area contributed by atoms with E-state index in [9.17, 15) is 18.9 Å². The average molecular weight is 381 g/mol. The molecule has 0 unspecified atom stereocenters. The molecule has 0 radical (unpaired) electrons. The van der Waals surface area contributed by atoms with E-state index in [0.29, 0.717) is 28.4 Å². The first-order valence-corrected chi connectivity index (χ1v) is 7.61. The molecule has 0 bridgehead atoms. The molecule has 0 aliphatic rings.